The van der Waals surface area contributed by atoms with Gasteiger partial charge >= 0.3 is 0 Å². The molecule has 0 nitrogen and oxygen atoms in total. The topological polar surface area (TPSA) is 0 Å². The van der Waals surface area contributed by atoms with E-state index in [0.29, 0.717) is 5.92 Å². The van der Waals surface area contributed by atoms with E-state index in [1.165, 1.54) is 63.4 Å². The van der Waals surface area contributed by atoms with Gasteiger partial charge in [0, 0.05) is 0 Å². The van der Waals surface area contributed by atoms with Gasteiger partial charge in [-0.1, -0.05) is 81.6 Å². The molecule has 2 saturated carbocycles. The van der Waals surface area contributed by atoms with Crippen molar-refractivity contribution in [2.24, 2.45) is 0 Å². The van der Waals surface area contributed by atoms with E-state index in [9.17, 15) is 0 Å². The summed E-state index contributed by atoms with van der Waals surface area (Å²) >= 11 is 0. The predicted molar refractivity (Wildman–Crippen MR) is 117 cm³/mol. The zero-order chi connectivity index (χ0) is 18.6. The summed E-state index contributed by atoms with van der Waals surface area (Å²) in [6.07, 6.45) is 12.5. The summed E-state index contributed by atoms with van der Waals surface area (Å²) in [6.45, 7) is 4.56. The van der Waals surface area contributed by atoms with Crippen molar-refractivity contribution in [3.8, 4) is 0 Å². The molecule has 0 radical (unpaired) electrons. The van der Waals surface area contributed by atoms with Crippen molar-refractivity contribution >= 4 is 0 Å². The molecule has 27 heavy (non-hydrogen) atoms. The highest BCUT2D eigenvalue weighted by atomic mass is 14.3. The van der Waals surface area contributed by atoms with E-state index in [-0.39, 0.29) is 0 Å². The van der Waals surface area contributed by atoms with E-state index >= 15 is 0 Å². The van der Waals surface area contributed by atoms with Gasteiger partial charge in [-0.25, -0.2) is 0 Å². The SMILES string of the molecule is CC(C)c1ccc(C2CCC(c3ccc(C4CCCCC4)cc3)CC2)cc1. The molecule has 0 amide bonds. The summed E-state index contributed by atoms with van der Waals surface area (Å²) in [6, 6.07) is 19.3. The molecule has 144 valence electrons. The molecular weight excluding hydrogens is 324 g/mol. The van der Waals surface area contributed by atoms with Crippen molar-refractivity contribution in [1.82, 2.24) is 0 Å². The molecule has 0 N–H and O–H groups in total. The first-order valence-corrected chi connectivity index (χ1v) is 11.4. The third kappa shape index (κ3) is 4.48. The highest BCUT2D eigenvalue weighted by Gasteiger charge is 2.24. The monoisotopic (exact) mass is 360 g/mol. The second-order valence-electron chi connectivity index (χ2n) is 9.37. The average molecular weight is 361 g/mol. The van der Waals surface area contributed by atoms with E-state index in [4.69, 9.17) is 0 Å². The van der Waals surface area contributed by atoms with E-state index in [0.717, 1.165) is 17.8 Å². The molecule has 4 rings (SSSR count). The van der Waals surface area contributed by atoms with Gasteiger partial charge < -0.3 is 0 Å². The summed E-state index contributed by atoms with van der Waals surface area (Å²) in [5, 5.41) is 0. The van der Waals surface area contributed by atoms with Gasteiger partial charge in [-0.15, -0.1) is 0 Å². The maximum atomic E-state index is 2.45. The molecule has 0 spiro atoms. The van der Waals surface area contributed by atoms with Gasteiger partial charge in [0.05, 0.1) is 0 Å². The van der Waals surface area contributed by atoms with E-state index in [1.54, 1.807) is 16.7 Å². The van der Waals surface area contributed by atoms with Gasteiger partial charge in [0.15, 0.2) is 0 Å². The van der Waals surface area contributed by atoms with Crippen molar-refractivity contribution < 1.29 is 0 Å². The van der Waals surface area contributed by atoms with Crippen molar-refractivity contribution in [3.05, 3.63) is 70.8 Å². The first-order chi connectivity index (χ1) is 13.2. The van der Waals surface area contributed by atoms with Crippen LogP contribution in [0, 0.1) is 0 Å². The third-order valence-electron chi connectivity index (χ3n) is 7.29. The van der Waals surface area contributed by atoms with Crippen molar-refractivity contribution in [2.75, 3.05) is 0 Å². The summed E-state index contributed by atoms with van der Waals surface area (Å²) in [4.78, 5) is 0. The molecule has 2 aromatic carbocycles. The van der Waals surface area contributed by atoms with Gasteiger partial charge in [0.2, 0.25) is 0 Å². The third-order valence-corrected chi connectivity index (χ3v) is 7.29. The van der Waals surface area contributed by atoms with E-state index < -0.39 is 0 Å². The van der Waals surface area contributed by atoms with Crippen LogP contribution in [0.1, 0.15) is 118 Å². The van der Waals surface area contributed by atoms with Gasteiger partial charge in [-0.05, 0) is 84.5 Å². The van der Waals surface area contributed by atoms with Crippen LogP contribution in [0.25, 0.3) is 0 Å². The van der Waals surface area contributed by atoms with Crippen molar-refractivity contribution in [1.29, 1.82) is 0 Å². The Morgan fingerprint density at radius 3 is 1.30 bits per heavy atom. The highest BCUT2D eigenvalue weighted by molar-refractivity contribution is 5.30. The maximum Gasteiger partial charge on any atom is -0.0162 e. The van der Waals surface area contributed by atoms with Gasteiger partial charge in [-0.2, -0.15) is 0 Å². The number of rotatable bonds is 4. The molecule has 0 atom stereocenters. The standard InChI is InChI=1S/C27H36/c1-20(2)21-8-10-24(11-9-21)25-16-18-27(19-17-25)26-14-12-23(13-15-26)22-6-4-3-5-7-22/h8-15,20,22,25,27H,3-7,16-19H2,1-2H3. The minimum atomic E-state index is 0.631. The fourth-order valence-corrected chi connectivity index (χ4v) is 5.39. The van der Waals surface area contributed by atoms with Crippen LogP contribution in [0.15, 0.2) is 48.5 Å². The van der Waals surface area contributed by atoms with Crippen molar-refractivity contribution in [2.45, 2.75) is 95.3 Å². The smallest absolute Gasteiger partial charge is 0.0162 e. The number of hydrogen-bond donors (Lipinski definition) is 0. The second-order valence-corrected chi connectivity index (χ2v) is 9.37. The van der Waals surface area contributed by atoms with Crippen LogP contribution >= 0.6 is 0 Å². The Hall–Kier alpha value is -1.56. The Bertz CT molecular complexity index is 693. The molecule has 0 heteroatoms. The van der Waals surface area contributed by atoms with Crippen molar-refractivity contribution in [3.63, 3.8) is 0 Å². The van der Waals surface area contributed by atoms with Crippen LogP contribution in [-0.4, -0.2) is 0 Å². The lowest BCUT2D eigenvalue weighted by atomic mass is 9.75. The fraction of sp³-hybridized carbons (Fsp3) is 0.556. The summed E-state index contributed by atoms with van der Waals surface area (Å²) in [7, 11) is 0. The van der Waals surface area contributed by atoms with E-state index in [1.807, 2.05) is 0 Å². The largest absolute Gasteiger partial charge is 0.0587 e. The fourth-order valence-electron chi connectivity index (χ4n) is 5.39. The Morgan fingerprint density at radius 2 is 0.889 bits per heavy atom. The lowest BCUT2D eigenvalue weighted by Gasteiger charge is -2.30. The van der Waals surface area contributed by atoms with Gasteiger partial charge in [0.25, 0.3) is 0 Å². The summed E-state index contributed by atoms with van der Waals surface area (Å²) in [5.74, 6) is 3.00. The Morgan fingerprint density at radius 1 is 0.519 bits per heavy atom. The van der Waals surface area contributed by atoms with Crippen LogP contribution in [0.2, 0.25) is 0 Å². The Balaban J connectivity index is 1.34. The zero-order valence-corrected chi connectivity index (χ0v) is 17.3. The molecule has 2 fully saturated rings. The summed E-state index contributed by atoms with van der Waals surface area (Å²) < 4.78 is 0. The van der Waals surface area contributed by atoms with Crippen LogP contribution in [-0.2, 0) is 0 Å². The minimum Gasteiger partial charge on any atom is -0.0587 e. The highest BCUT2D eigenvalue weighted by Crippen LogP contribution is 2.41. The minimum absolute atomic E-state index is 0.631. The lowest BCUT2D eigenvalue weighted by molar-refractivity contribution is 0.396. The summed E-state index contributed by atoms with van der Waals surface area (Å²) in [5.41, 5.74) is 6.21. The molecule has 0 aromatic heterocycles. The zero-order valence-electron chi connectivity index (χ0n) is 17.3. The first kappa shape index (κ1) is 18.8. The molecule has 2 aliphatic carbocycles. The normalized spacial score (nSPS) is 24.3. The molecule has 0 bridgehead atoms. The van der Waals surface area contributed by atoms with Crippen LogP contribution in [0.4, 0.5) is 0 Å². The average Bonchev–Trinajstić information content (AvgIpc) is 2.75. The molecule has 2 aromatic rings. The van der Waals surface area contributed by atoms with Gasteiger partial charge in [-0.3, -0.25) is 0 Å². The first-order valence-electron chi connectivity index (χ1n) is 11.4. The molecule has 0 heterocycles. The van der Waals surface area contributed by atoms with Gasteiger partial charge in [0.1, 0.15) is 0 Å². The molecule has 0 unspecified atom stereocenters. The van der Waals surface area contributed by atoms with Crippen LogP contribution in [0.5, 0.6) is 0 Å². The lowest BCUT2D eigenvalue weighted by Crippen LogP contribution is -2.12. The molecular formula is C27H36. The molecule has 0 saturated heterocycles. The molecule has 2 aliphatic rings. The van der Waals surface area contributed by atoms with E-state index in [2.05, 4.69) is 62.4 Å². The van der Waals surface area contributed by atoms with Crippen LogP contribution < -0.4 is 0 Å². The number of benzene rings is 2. The molecule has 0 aliphatic heterocycles. The Labute approximate surface area is 166 Å². The second kappa shape index (κ2) is 8.63. The Kier molecular flexibility index (Phi) is 6.01. The predicted octanol–water partition coefficient (Wildman–Crippen LogP) is 8.30. The number of hydrogen-bond acceptors (Lipinski definition) is 0. The quantitative estimate of drug-likeness (QED) is 0.514. The van der Waals surface area contributed by atoms with Crippen LogP contribution in [0.3, 0.4) is 0 Å². The maximum absolute atomic E-state index is 2.45.